The van der Waals surface area contributed by atoms with E-state index in [0.717, 1.165) is 12.2 Å². The molecule has 0 bridgehead atoms. The Labute approximate surface area is 119 Å². The van der Waals surface area contributed by atoms with Gasteiger partial charge in [0.1, 0.15) is 11.8 Å². The summed E-state index contributed by atoms with van der Waals surface area (Å²) in [5.74, 6) is 0.706. The molecule has 0 fully saturated rings. The van der Waals surface area contributed by atoms with Crippen LogP contribution in [0.4, 0.5) is 5.69 Å². The van der Waals surface area contributed by atoms with Gasteiger partial charge in [-0.3, -0.25) is 0 Å². The van der Waals surface area contributed by atoms with Crippen LogP contribution < -0.4 is 10.1 Å². The highest BCUT2D eigenvalue weighted by molar-refractivity contribution is 5.49. The maximum atomic E-state index is 8.51. The molecule has 0 spiro atoms. The van der Waals surface area contributed by atoms with Gasteiger partial charge in [-0.25, -0.2) is 0 Å². The lowest BCUT2D eigenvalue weighted by Gasteiger charge is -2.11. The molecule has 2 aromatic rings. The summed E-state index contributed by atoms with van der Waals surface area (Å²) in [6.07, 6.45) is 0. The van der Waals surface area contributed by atoms with Crippen LogP contribution in [-0.2, 0) is 6.54 Å². The van der Waals surface area contributed by atoms with Crippen molar-refractivity contribution in [2.75, 3.05) is 11.9 Å². The van der Waals surface area contributed by atoms with Crippen LogP contribution in [0.15, 0.2) is 42.5 Å². The van der Waals surface area contributed by atoms with Gasteiger partial charge in [0, 0.05) is 18.3 Å². The summed E-state index contributed by atoms with van der Waals surface area (Å²) in [5, 5.41) is 11.9. The highest BCUT2D eigenvalue weighted by atomic mass is 16.5. The summed E-state index contributed by atoms with van der Waals surface area (Å²) in [6, 6.07) is 16.1. The maximum Gasteiger partial charge on any atom is 0.174 e. The first kappa shape index (κ1) is 14.0. The van der Waals surface area contributed by atoms with Gasteiger partial charge in [0.05, 0.1) is 0 Å². The van der Waals surface area contributed by atoms with Gasteiger partial charge in [-0.2, -0.15) is 5.26 Å². The lowest BCUT2D eigenvalue weighted by atomic mass is 10.1. The zero-order valence-electron chi connectivity index (χ0n) is 11.8. The molecule has 2 rings (SSSR count). The molecule has 102 valence electrons. The Kier molecular flexibility index (Phi) is 4.62. The zero-order valence-corrected chi connectivity index (χ0v) is 11.8. The minimum absolute atomic E-state index is 0.0700. The number of nitrogens with zero attached hydrogens (tertiary/aromatic N) is 1. The van der Waals surface area contributed by atoms with Gasteiger partial charge < -0.3 is 10.1 Å². The van der Waals surface area contributed by atoms with Crippen LogP contribution in [0.5, 0.6) is 5.75 Å². The number of hydrogen-bond acceptors (Lipinski definition) is 3. The minimum Gasteiger partial charge on any atom is -0.479 e. The predicted octanol–water partition coefficient (Wildman–Crippen LogP) is 3.82. The molecule has 0 aromatic heterocycles. The number of benzene rings is 2. The van der Waals surface area contributed by atoms with E-state index in [1.807, 2.05) is 30.3 Å². The molecule has 0 aliphatic carbocycles. The second-order valence-corrected chi connectivity index (χ2v) is 4.76. The van der Waals surface area contributed by atoms with E-state index in [1.54, 1.807) is 0 Å². The quantitative estimate of drug-likeness (QED) is 0.894. The Morgan fingerprint density at radius 1 is 1.15 bits per heavy atom. The minimum atomic E-state index is 0.0700. The monoisotopic (exact) mass is 266 g/mol. The molecule has 0 heterocycles. The second kappa shape index (κ2) is 6.63. The molecule has 0 aliphatic rings. The van der Waals surface area contributed by atoms with Crippen LogP contribution in [0.1, 0.15) is 16.7 Å². The second-order valence-electron chi connectivity index (χ2n) is 4.76. The number of anilines is 1. The average molecular weight is 266 g/mol. The zero-order chi connectivity index (χ0) is 14.4. The number of aryl methyl sites for hydroxylation is 2. The molecule has 20 heavy (non-hydrogen) atoms. The normalized spacial score (nSPS) is 9.85. The molecular formula is C17H18N2O. The first-order valence-corrected chi connectivity index (χ1v) is 6.59. The first-order chi connectivity index (χ1) is 9.69. The smallest absolute Gasteiger partial charge is 0.174 e. The van der Waals surface area contributed by atoms with Gasteiger partial charge in [-0.1, -0.05) is 29.8 Å². The van der Waals surface area contributed by atoms with Crippen molar-refractivity contribution in [3.05, 3.63) is 59.2 Å². The number of hydrogen-bond donors (Lipinski definition) is 1. The molecule has 0 atom stereocenters. The van der Waals surface area contributed by atoms with Crippen molar-refractivity contribution < 1.29 is 4.74 Å². The number of rotatable bonds is 5. The number of nitriles is 1. The van der Waals surface area contributed by atoms with E-state index in [1.165, 1.54) is 16.7 Å². The van der Waals surface area contributed by atoms with Gasteiger partial charge in [-0.15, -0.1) is 0 Å². The predicted molar refractivity (Wildman–Crippen MR) is 80.8 cm³/mol. The van der Waals surface area contributed by atoms with Crippen molar-refractivity contribution in [3.8, 4) is 11.8 Å². The fourth-order valence-corrected chi connectivity index (χ4v) is 2.05. The van der Waals surface area contributed by atoms with Gasteiger partial charge in [-0.05, 0) is 37.1 Å². The topological polar surface area (TPSA) is 45.0 Å². The molecule has 0 unspecified atom stereocenters. The fourth-order valence-electron chi connectivity index (χ4n) is 2.05. The van der Waals surface area contributed by atoms with Crippen LogP contribution in [0.25, 0.3) is 0 Å². The Balaban J connectivity index is 2.01. The molecule has 0 saturated heterocycles. The van der Waals surface area contributed by atoms with E-state index in [9.17, 15) is 0 Å². The summed E-state index contributed by atoms with van der Waals surface area (Å²) >= 11 is 0. The number of nitrogens with one attached hydrogen (secondary N) is 1. The SMILES string of the molecule is Cc1ccc(CNc2cccc(OCC#N)c2)c(C)c1. The summed E-state index contributed by atoms with van der Waals surface area (Å²) in [4.78, 5) is 0. The molecule has 1 N–H and O–H groups in total. The van der Waals surface area contributed by atoms with Crippen molar-refractivity contribution in [2.24, 2.45) is 0 Å². The molecule has 2 aromatic carbocycles. The Bertz CT molecular complexity index is 629. The molecule has 3 heteroatoms. The van der Waals surface area contributed by atoms with Gasteiger partial charge in [0.25, 0.3) is 0 Å². The Morgan fingerprint density at radius 3 is 2.75 bits per heavy atom. The molecule has 0 amide bonds. The van der Waals surface area contributed by atoms with Crippen LogP contribution in [0.2, 0.25) is 0 Å². The van der Waals surface area contributed by atoms with Crippen LogP contribution in [0.3, 0.4) is 0 Å². The largest absolute Gasteiger partial charge is 0.479 e. The van der Waals surface area contributed by atoms with Crippen molar-refractivity contribution in [1.82, 2.24) is 0 Å². The van der Waals surface area contributed by atoms with Gasteiger partial charge in [0.2, 0.25) is 0 Å². The maximum absolute atomic E-state index is 8.51. The Morgan fingerprint density at radius 2 is 2.00 bits per heavy atom. The molecule has 0 radical (unpaired) electrons. The Hall–Kier alpha value is -2.47. The van der Waals surface area contributed by atoms with E-state index in [0.29, 0.717) is 5.75 Å². The highest BCUT2D eigenvalue weighted by Gasteiger charge is 2.00. The highest BCUT2D eigenvalue weighted by Crippen LogP contribution is 2.19. The van der Waals surface area contributed by atoms with E-state index in [4.69, 9.17) is 10.00 Å². The van der Waals surface area contributed by atoms with Crippen molar-refractivity contribution in [1.29, 1.82) is 5.26 Å². The standard InChI is InChI=1S/C17H18N2O/c1-13-6-7-15(14(2)10-13)12-19-16-4-3-5-17(11-16)20-9-8-18/h3-7,10-11,19H,9,12H2,1-2H3. The first-order valence-electron chi connectivity index (χ1n) is 6.59. The van der Waals surface area contributed by atoms with Gasteiger partial charge in [0.15, 0.2) is 6.61 Å². The molecule has 3 nitrogen and oxygen atoms in total. The summed E-state index contributed by atoms with van der Waals surface area (Å²) in [5.41, 5.74) is 4.83. The third-order valence-electron chi connectivity index (χ3n) is 3.12. The van der Waals surface area contributed by atoms with Crippen molar-refractivity contribution in [2.45, 2.75) is 20.4 Å². The third-order valence-corrected chi connectivity index (χ3v) is 3.12. The van der Waals surface area contributed by atoms with Crippen molar-refractivity contribution >= 4 is 5.69 Å². The lowest BCUT2D eigenvalue weighted by molar-refractivity contribution is 0.368. The van der Waals surface area contributed by atoms with Crippen LogP contribution >= 0.6 is 0 Å². The van der Waals surface area contributed by atoms with Crippen molar-refractivity contribution in [3.63, 3.8) is 0 Å². The summed E-state index contributed by atoms with van der Waals surface area (Å²) < 4.78 is 5.29. The molecule has 0 aliphatic heterocycles. The van der Waals surface area contributed by atoms with E-state index in [2.05, 4.69) is 37.4 Å². The van der Waals surface area contributed by atoms with Gasteiger partial charge >= 0.3 is 0 Å². The third kappa shape index (κ3) is 3.76. The molecule has 0 saturated carbocycles. The van der Waals surface area contributed by atoms with E-state index < -0.39 is 0 Å². The van der Waals surface area contributed by atoms with E-state index in [-0.39, 0.29) is 6.61 Å². The van der Waals surface area contributed by atoms with Crippen LogP contribution in [0, 0.1) is 25.2 Å². The summed E-state index contributed by atoms with van der Waals surface area (Å²) in [6.45, 7) is 5.06. The molecular weight excluding hydrogens is 248 g/mol. The fraction of sp³-hybridized carbons (Fsp3) is 0.235. The lowest BCUT2D eigenvalue weighted by Crippen LogP contribution is -2.02. The van der Waals surface area contributed by atoms with E-state index >= 15 is 0 Å². The summed E-state index contributed by atoms with van der Waals surface area (Å²) in [7, 11) is 0. The average Bonchev–Trinajstić information content (AvgIpc) is 2.45. The van der Waals surface area contributed by atoms with Crippen LogP contribution in [-0.4, -0.2) is 6.61 Å². The number of ether oxygens (including phenoxy) is 1.